The van der Waals surface area contributed by atoms with Crippen LogP contribution in [-0.4, -0.2) is 27.9 Å². The van der Waals surface area contributed by atoms with Gasteiger partial charge >= 0.3 is 0 Å². The Bertz CT molecular complexity index is 651. The van der Waals surface area contributed by atoms with Crippen LogP contribution in [0.5, 0.6) is 11.5 Å². The van der Waals surface area contributed by atoms with Crippen molar-refractivity contribution in [2.45, 2.75) is 13.3 Å². The first-order valence-electron chi connectivity index (χ1n) is 6.16. The van der Waals surface area contributed by atoms with Gasteiger partial charge in [0.25, 0.3) is 5.95 Å². The summed E-state index contributed by atoms with van der Waals surface area (Å²) < 4.78 is 11.9. The van der Waals surface area contributed by atoms with Crippen LogP contribution in [0.15, 0.2) is 23.3 Å². The maximum Gasteiger partial charge on any atom is 0.263 e. The number of aryl methyl sites for hydroxylation is 1. The fourth-order valence-corrected chi connectivity index (χ4v) is 1.80. The number of nitrogens with one attached hydrogen (secondary N) is 1. The Morgan fingerprint density at radius 1 is 1.40 bits per heavy atom. The molecule has 1 aliphatic heterocycles. The van der Waals surface area contributed by atoms with Gasteiger partial charge in [-0.2, -0.15) is 5.10 Å². The second kappa shape index (κ2) is 5.08. The van der Waals surface area contributed by atoms with Crippen molar-refractivity contribution in [3.05, 3.63) is 29.6 Å². The predicted octanol–water partition coefficient (Wildman–Crippen LogP) is 0.729. The lowest BCUT2D eigenvalue weighted by Gasteiger charge is -2.01. The van der Waals surface area contributed by atoms with Gasteiger partial charge in [0.2, 0.25) is 6.79 Å². The molecule has 0 fully saturated rings. The maximum absolute atomic E-state index is 5.79. The Hall–Kier alpha value is -2.77. The lowest BCUT2D eigenvalue weighted by atomic mass is 10.2. The maximum atomic E-state index is 5.79. The molecule has 1 aromatic heterocycles. The number of benzene rings is 1. The lowest BCUT2D eigenvalue weighted by Crippen LogP contribution is -2.14. The summed E-state index contributed by atoms with van der Waals surface area (Å²) in [6.07, 6.45) is 2.35. The van der Waals surface area contributed by atoms with E-state index < -0.39 is 0 Å². The molecule has 0 spiro atoms. The van der Waals surface area contributed by atoms with Crippen molar-refractivity contribution in [2.24, 2.45) is 5.10 Å². The topological polar surface area (TPSA) is 99.6 Å². The van der Waals surface area contributed by atoms with E-state index in [0.717, 1.165) is 11.3 Å². The van der Waals surface area contributed by atoms with Crippen LogP contribution in [0.4, 0.5) is 5.95 Å². The van der Waals surface area contributed by atoms with Crippen LogP contribution < -0.4 is 20.7 Å². The largest absolute Gasteiger partial charge is 0.454 e. The van der Waals surface area contributed by atoms with E-state index in [4.69, 9.17) is 15.3 Å². The summed E-state index contributed by atoms with van der Waals surface area (Å²) >= 11 is 0. The number of hydrogen-bond acceptors (Lipinski definition) is 7. The molecule has 3 N–H and O–H groups in total. The highest BCUT2D eigenvalue weighted by atomic mass is 16.7. The van der Waals surface area contributed by atoms with Gasteiger partial charge in [-0.1, -0.05) is 6.92 Å². The summed E-state index contributed by atoms with van der Waals surface area (Å²) in [5, 5.41) is 11.9. The van der Waals surface area contributed by atoms with Crippen molar-refractivity contribution in [3.63, 3.8) is 0 Å². The van der Waals surface area contributed by atoms with Crippen molar-refractivity contribution in [3.8, 4) is 11.5 Å². The minimum absolute atomic E-state index is 0.254. The molecule has 3 rings (SSSR count). The Morgan fingerprint density at radius 2 is 2.25 bits per heavy atom. The van der Waals surface area contributed by atoms with E-state index in [9.17, 15) is 0 Å². The van der Waals surface area contributed by atoms with Crippen molar-refractivity contribution in [1.29, 1.82) is 0 Å². The normalized spacial score (nSPS) is 13.1. The van der Waals surface area contributed by atoms with E-state index >= 15 is 0 Å². The number of hydrogen-bond donors (Lipinski definition) is 2. The van der Waals surface area contributed by atoms with Crippen LogP contribution in [0.1, 0.15) is 18.3 Å². The number of aromatic nitrogens is 3. The summed E-state index contributed by atoms with van der Waals surface area (Å²) in [6.45, 7) is 2.21. The number of rotatable bonds is 4. The molecule has 0 saturated carbocycles. The van der Waals surface area contributed by atoms with Gasteiger partial charge in [0.15, 0.2) is 17.3 Å². The molecule has 1 aliphatic rings. The van der Waals surface area contributed by atoms with E-state index in [1.165, 1.54) is 4.68 Å². The van der Waals surface area contributed by atoms with Crippen LogP contribution in [0.2, 0.25) is 0 Å². The summed E-state index contributed by atoms with van der Waals surface area (Å²) in [7, 11) is 0. The van der Waals surface area contributed by atoms with Crippen LogP contribution >= 0.6 is 0 Å². The van der Waals surface area contributed by atoms with Crippen molar-refractivity contribution in [1.82, 2.24) is 14.9 Å². The number of ether oxygens (including phenoxy) is 2. The summed E-state index contributed by atoms with van der Waals surface area (Å²) in [4.78, 5) is 0. The van der Waals surface area contributed by atoms with Crippen molar-refractivity contribution in [2.75, 3.05) is 18.1 Å². The molecule has 0 saturated heterocycles. The quantitative estimate of drug-likeness (QED) is 0.484. The number of nitrogens with two attached hydrogens (primary N) is 1. The van der Waals surface area contributed by atoms with Crippen LogP contribution in [0.25, 0.3) is 0 Å². The lowest BCUT2D eigenvalue weighted by molar-refractivity contribution is 0.174. The molecular formula is C12H14N6O2. The third kappa shape index (κ3) is 2.22. The van der Waals surface area contributed by atoms with Crippen LogP contribution in [0.3, 0.4) is 0 Å². The molecule has 0 unspecified atom stereocenters. The Labute approximate surface area is 115 Å². The summed E-state index contributed by atoms with van der Waals surface area (Å²) in [6, 6.07) is 5.56. The van der Waals surface area contributed by atoms with Crippen molar-refractivity contribution < 1.29 is 9.47 Å². The Kier molecular flexibility index (Phi) is 3.12. The van der Waals surface area contributed by atoms with E-state index in [2.05, 4.69) is 20.7 Å². The zero-order chi connectivity index (χ0) is 13.9. The molecule has 20 heavy (non-hydrogen) atoms. The minimum atomic E-state index is 0.254. The highest BCUT2D eigenvalue weighted by Gasteiger charge is 2.12. The molecule has 2 heterocycles. The highest BCUT2D eigenvalue weighted by Crippen LogP contribution is 2.31. The Morgan fingerprint density at radius 3 is 3.05 bits per heavy atom. The fraction of sp³-hybridized carbons (Fsp3) is 0.250. The first-order chi connectivity index (χ1) is 9.78. The molecule has 0 atom stereocenters. The van der Waals surface area contributed by atoms with E-state index in [-0.39, 0.29) is 6.79 Å². The van der Waals surface area contributed by atoms with Gasteiger partial charge in [0.1, 0.15) is 0 Å². The van der Waals surface area contributed by atoms with E-state index in [1.54, 1.807) is 6.21 Å². The molecule has 0 bridgehead atoms. The van der Waals surface area contributed by atoms with Crippen molar-refractivity contribution >= 4 is 12.2 Å². The van der Waals surface area contributed by atoms with E-state index in [0.29, 0.717) is 23.9 Å². The second-order valence-electron chi connectivity index (χ2n) is 4.15. The predicted molar refractivity (Wildman–Crippen MR) is 73.3 cm³/mol. The number of anilines is 1. The first-order valence-corrected chi connectivity index (χ1v) is 6.16. The zero-order valence-corrected chi connectivity index (χ0v) is 10.9. The van der Waals surface area contributed by atoms with E-state index in [1.807, 2.05) is 25.1 Å². The summed E-state index contributed by atoms with van der Waals surface area (Å²) in [5.41, 5.74) is 3.62. The van der Waals surface area contributed by atoms with Gasteiger partial charge in [-0.15, -0.1) is 10.2 Å². The minimum Gasteiger partial charge on any atom is -0.454 e. The standard InChI is InChI=1S/C12H14N6O2/c1-2-11-15-17-12(18(11)13)16-14-6-8-3-4-9-10(5-8)20-7-19-9/h3-6H,2,7,13H2,1H3,(H,16,17)/b14-6-. The smallest absolute Gasteiger partial charge is 0.263 e. The molecule has 1 aromatic carbocycles. The summed E-state index contributed by atoms with van der Waals surface area (Å²) in [5.74, 6) is 8.31. The van der Waals surface area contributed by atoms with Gasteiger partial charge in [-0.25, -0.2) is 10.1 Å². The average Bonchev–Trinajstić information content (AvgIpc) is 3.05. The van der Waals surface area contributed by atoms with Gasteiger partial charge in [-0.05, 0) is 23.8 Å². The van der Waals surface area contributed by atoms with Gasteiger partial charge in [-0.3, -0.25) is 0 Å². The molecule has 0 aliphatic carbocycles. The third-order valence-electron chi connectivity index (χ3n) is 2.86. The zero-order valence-electron chi connectivity index (χ0n) is 10.9. The van der Waals surface area contributed by atoms with Gasteiger partial charge < -0.3 is 15.3 Å². The van der Waals surface area contributed by atoms with Crippen LogP contribution in [-0.2, 0) is 6.42 Å². The monoisotopic (exact) mass is 274 g/mol. The number of hydrazone groups is 1. The molecule has 0 amide bonds. The second-order valence-corrected chi connectivity index (χ2v) is 4.15. The average molecular weight is 274 g/mol. The molecule has 104 valence electrons. The molecule has 2 aromatic rings. The molecule has 8 heteroatoms. The number of nitrogens with zero attached hydrogens (tertiary/aromatic N) is 4. The number of nitrogen functional groups attached to an aromatic ring is 1. The molecule has 0 radical (unpaired) electrons. The SMILES string of the molecule is CCc1nnc(N/N=C\c2ccc3c(c2)OCO3)n1N. The number of fused-ring (bicyclic) bond motifs is 1. The fourth-order valence-electron chi connectivity index (χ4n) is 1.80. The molecule has 8 nitrogen and oxygen atoms in total. The van der Waals surface area contributed by atoms with Gasteiger partial charge in [0.05, 0.1) is 6.21 Å². The third-order valence-corrected chi connectivity index (χ3v) is 2.86. The first kappa shape index (κ1) is 12.3. The van der Waals surface area contributed by atoms with Crippen LogP contribution in [0, 0.1) is 0 Å². The van der Waals surface area contributed by atoms with Gasteiger partial charge in [0, 0.05) is 6.42 Å². The molecular weight excluding hydrogens is 260 g/mol. The Balaban J connectivity index is 1.70. The highest BCUT2D eigenvalue weighted by molar-refractivity contribution is 5.81.